The second kappa shape index (κ2) is 8.30. The van der Waals surface area contributed by atoms with Gasteiger partial charge in [0.2, 0.25) is 0 Å². The number of nitrogens with one attached hydrogen (secondary N) is 2. The van der Waals surface area contributed by atoms with Crippen LogP contribution in [0.5, 0.6) is 0 Å². The number of carbonyl (C=O) groups excluding carboxylic acids is 1. The van der Waals surface area contributed by atoms with Crippen LogP contribution in [0.25, 0.3) is 0 Å². The fourth-order valence-corrected chi connectivity index (χ4v) is 3.79. The first-order valence-corrected chi connectivity index (χ1v) is 9.36. The number of aryl methyl sites for hydroxylation is 1. The van der Waals surface area contributed by atoms with Gasteiger partial charge in [-0.25, -0.2) is 0 Å². The summed E-state index contributed by atoms with van der Waals surface area (Å²) in [6.07, 6.45) is 4.69. The second-order valence-electron chi connectivity index (χ2n) is 7.34. The molecule has 0 bridgehead atoms. The van der Waals surface area contributed by atoms with E-state index in [-0.39, 0.29) is 11.9 Å². The number of hydrogen-bond acceptors (Lipinski definition) is 1. The first kappa shape index (κ1) is 17.7. The molecule has 2 N–H and O–H groups in total. The Kier molecular flexibility index (Phi) is 5.87. The highest BCUT2D eigenvalue weighted by Gasteiger charge is 2.31. The lowest BCUT2D eigenvalue weighted by Gasteiger charge is -2.26. The molecule has 2 aromatic rings. The molecule has 2 aromatic carbocycles. The topological polar surface area (TPSA) is 33.5 Å². The average molecular weight is 337 g/mol. The quantitative estimate of drug-likeness (QED) is 0.835. The van der Waals surface area contributed by atoms with E-state index in [4.69, 9.17) is 0 Å². The number of hydrogen-bond donors (Lipinski definition) is 2. The van der Waals surface area contributed by atoms with Crippen molar-refractivity contribution in [3.05, 3.63) is 71.3 Å². The lowest BCUT2D eigenvalue weighted by atomic mass is 10.0. The SMILES string of the molecule is Cc1ccc(C(C(=O)NC2CCCC2)[NH+](C)Cc2ccccc2)cc1. The molecule has 0 heterocycles. The van der Waals surface area contributed by atoms with Crippen molar-refractivity contribution in [3.63, 3.8) is 0 Å². The zero-order valence-corrected chi connectivity index (χ0v) is 15.3. The van der Waals surface area contributed by atoms with Gasteiger partial charge in [-0.2, -0.15) is 0 Å². The van der Waals surface area contributed by atoms with E-state index in [0.717, 1.165) is 24.9 Å². The molecule has 1 amide bonds. The molecule has 0 radical (unpaired) electrons. The van der Waals surface area contributed by atoms with Crippen molar-refractivity contribution < 1.29 is 9.69 Å². The summed E-state index contributed by atoms with van der Waals surface area (Å²) in [6, 6.07) is 19.0. The van der Waals surface area contributed by atoms with Crippen molar-refractivity contribution in [1.82, 2.24) is 5.32 Å². The van der Waals surface area contributed by atoms with Crippen molar-refractivity contribution in [2.24, 2.45) is 0 Å². The highest BCUT2D eigenvalue weighted by Crippen LogP contribution is 2.19. The summed E-state index contributed by atoms with van der Waals surface area (Å²) in [4.78, 5) is 14.3. The molecule has 0 spiro atoms. The molecule has 132 valence electrons. The molecule has 25 heavy (non-hydrogen) atoms. The van der Waals surface area contributed by atoms with E-state index in [1.807, 2.05) is 6.07 Å². The van der Waals surface area contributed by atoms with Crippen LogP contribution in [-0.2, 0) is 11.3 Å². The van der Waals surface area contributed by atoms with Crippen LogP contribution in [-0.4, -0.2) is 19.0 Å². The van der Waals surface area contributed by atoms with Crippen molar-refractivity contribution in [1.29, 1.82) is 0 Å². The molecule has 1 aliphatic rings. The number of quaternary nitrogens is 1. The fraction of sp³-hybridized carbons (Fsp3) is 0.409. The Labute approximate surface area is 151 Å². The van der Waals surface area contributed by atoms with Crippen LogP contribution in [0.4, 0.5) is 0 Å². The molecule has 3 nitrogen and oxygen atoms in total. The normalized spacial score (nSPS) is 17.2. The first-order valence-electron chi connectivity index (χ1n) is 9.36. The Bertz CT molecular complexity index is 675. The van der Waals surface area contributed by atoms with Gasteiger partial charge in [0.25, 0.3) is 5.91 Å². The summed E-state index contributed by atoms with van der Waals surface area (Å²) in [5.41, 5.74) is 3.57. The Hall–Kier alpha value is -2.13. The van der Waals surface area contributed by atoms with Gasteiger partial charge in [-0.15, -0.1) is 0 Å². The van der Waals surface area contributed by atoms with Gasteiger partial charge < -0.3 is 10.2 Å². The van der Waals surface area contributed by atoms with Crippen LogP contribution in [0.3, 0.4) is 0 Å². The maximum absolute atomic E-state index is 13.1. The zero-order valence-electron chi connectivity index (χ0n) is 15.3. The minimum absolute atomic E-state index is 0.157. The largest absolute Gasteiger partial charge is 0.348 e. The molecule has 2 atom stereocenters. The van der Waals surface area contributed by atoms with Crippen molar-refractivity contribution in [2.45, 2.75) is 51.2 Å². The Morgan fingerprint density at radius 3 is 2.36 bits per heavy atom. The van der Waals surface area contributed by atoms with E-state index in [1.165, 1.54) is 28.9 Å². The predicted octanol–water partition coefficient (Wildman–Crippen LogP) is 2.81. The summed E-state index contributed by atoms with van der Waals surface area (Å²) < 4.78 is 0. The number of benzene rings is 2. The number of rotatable bonds is 6. The second-order valence-corrected chi connectivity index (χ2v) is 7.34. The lowest BCUT2D eigenvalue weighted by Crippen LogP contribution is -3.09. The molecule has 3 rings (SSSR count). The van der Waals surface area contributed by atoms with Gasteiger partial charge in [0, 0.05) is 17.2 Å². The van der Waals surface area contributed by atoms with E-state index in [2.05, 4.69) is 67.8 Å². The van der Waals surface area contributed by atoms with Gasteiger partial charge in [-0.1, -0.05) is 73.0 Å². The van der Waals surface area contributed by atoms with E-state index >= 15 is 0 Å². The van der Waals surface area contributed by atoms with E-state index < -0.39 is 0 Å². The maximum atomic E-state index is 13.1. The van der Waals surface area contributed by atoms with Crippen LogP contribution < -0.4 is 10.2 Å². The van der Waals surface area contributed by atoms with Gasteiger partial charge in [0.1, 0.15) is 6.54 Å². The number of amides is 1. The molecular formula is C22H29N2O+. The molecule has 0 saturated heterocycles. The molecule has 1 saturated carbocycles. The van der Waals surface area contributed by atoms with Crippen molar-refractivity contribution in [3.8, 4) is 0 Å². The smallest absolute Gasteiger partial charge is 0.283 e. The van der Waals surface area contributed by atoms with Crippen LogP contribution in [0, 0.1) is 6.92 Å². The third kappa shape index (κ3) is 4.70. The summed E-state index contributed by atoms with van der Waals surface area (Å²) in [5.74, 6) is 0.157. The van der Waals surface area contributed by atoms with Crippen LogP contribution in [0.2, 0.25) is 0 Å². The maximum Gasteiger partial charge on any atom is 0.283 e. The summed E-state index contributed by atoms with van der Waals surface area (Å²) in [6.45, 7) is 2.91. The van der Waals surface area contributed by atoms with E-state index in [0.29, 0.717) is 6.04 Å². The highest BCUT2D eigenvalue weighted by molar-refractivity contribution is 5.82. The third-order valence-electron chi connectivity index (χ3n) is 5.19. The van der Waals surface area contributed by atoms with Gasteiger partial charge >= 0.3 is 0 Å². The summed E-state index contributed by atoms with van der Waals surface area (Å²) >= 11 is 0. The Morgan fingerprint density at radius 1 is 1.08 bits per heavy atom. The molecule has 0 aliphatic heterocycles. The minimum Gasteiger partial charge on any atom is -0.348 e. The van der Waals surface area contributed by atoms with E-state index in [1.54, 1.807) is 0 Å². The Morgan fingerprint density at radius 2 is 1.72 bits per heavy atom. The summed E-state index contributed by atoms with van der Waals surface area (Å²) in [5, 5.41) is 3.30. The third-order valence-corrected chi connectivity index (χ3v) is 5.19. The van der Waals surface area contributed by atoms with Gasteiger partial charge in [0.05, 0.1) is 7.05 Å². The average Bonchev–Trinajstić information content (AvgIpc) is 3.10. The summed E-state index contributed by atoms with van der Waals surface area (Å²) in [7, 11) is 2.12. The number of carbonyl (C=O) groups is 1. The highest BCUT2D eigenvalue weighted by atomic mass is 16.2. The fourth-order valence-electron chi connectivity index (χ4n) is 3.79. The minimum atomic E-state index is -0.179. The van der Waals surface area contributed by atoms with Crippen LogP contribution >= 0.6 is 0 Å². The van der Waals surface area contributed by atoms with Crippen LogP contribution in [0.15, 0.2) is 54.6 Å². The van der Waals surface area contributed by atoms with Crippen molar-refractivity contribution >= 4 is 5.91 Å². The molecule has 1 fully saturated rings. The predicted molar refractivity (Wildman–Crippen MR) is 101 cm³/mol. The first-order chi connectivity index (χ1) is 12.1. The van der Waals surface area contributed by atoms with Gasteiger partial charge in [0.15, 0.2) is 6.04 Å². The van der Waals surface area contributed by atoms with Crippen LogP contribution in [0.1, 0.15) is 48.4 Å². The lowest BCUT2D eigenvalue weighted by molar-refractivity contribution is -0.916. The molecule has 2 unspecified atom stereocenters. The van der Waals surface area contributed by atoms with Gasteiger partial charge in [-0.3, -0.25) is 4.79 Å². The zero-order chi connectivity index (χ0) is 17.6. The molecular weight excluding hydrogens is 308 g/mol. The van der Waals surface area contributed by atoms with Gasteiger partial charge in [-0.05, 0) is 19.8 Å². The van der Waals surface area contributed by atoms with Crippen molar-refractivity contribution in [2.75, 3.05) is 7.05 Å². The molecule has 1 aliphatic carbocycles. The molecule has 3 heteroatoms. The monoisotopic (exact) mass is 337 g/mol. The molecule has 0 aromatic heterocycles. The number of likely N-dealkylation sites (N-methyl/N-ethyl adjacent to an activating group) is 1. The van der Waals surface area contributed by atoms with E-state index in [9.17, 15) is 4.79 Å². The Balaban J connectivity index is 1.79. The standard InChI is InChI=1S/C22H28N2O/c1-17-12-14-19(15-13-17)21(22(25)23-20-10-6-7-11-20)24(2)16-18-8-4-3-5-9-18/h3-5,8-9,12-15,20-21H,6-7,10-11,16H2,1-2H3,(H,23,25)/p+1.